The Morgan fingerprint density at radius 2 is 1.72 bits per heavy atom. The van der Waals surface area contributed by atoms with Crippen LogP contribution in [0.2, 0.25) is 0 Å². The van der Waals surface area contributed by atoms with Gasteiger partial charge in [-0.05, 0) is 73.5 Å². The number of rotatable bonds is 9. The van der Waals surface area contributed by atoms with Crippen LogP contribution >= 0.6 is 0 Å². The van der Waals surface area contributed by atoms with Gasteiger partial charge in [-0.3, -0.25) is 24.7 Å². The van der Waals surface area contributed by atoms with Gasteiger partial charge in [0.15, 0.2) is 5.82 Å². The van der Waals surface area contributed by atoms with Gasteiger partial charge in [-0.25, -0.2) is 14.8 Å². The molecule has 4 amide bonds. The first-order valence-corrected chi connectivity index (χ1v) is 20.9. The highest BCUT2D eigenvalue weighted by atomic mass is 16.5. The van der Waals surface area contributed by atoms with Crippen molar-refractivity contribution in [3.8, 4) is 11.3 Å². The number of nitrogens with one attached hydrogen (secondary N) is 3. The average Bonchev–Trinajstić information content (AvgIpc) is 3.67. The van der Waals surface area contributed by atoms with Crippen LogP contribution in [-0.4, -0.2) is 101 Å². The highest BCUT2D eigenvalue weighted by Crippen LogP contribution is 2.35. The minimum Gasteiger partial charge on any atom is -0.375 e. The normalized spacial score (nSPS) is 19.0. The summed E-state index contributed by atoms with van der Waals surface area (Å²) in [5.74, 6) is 0.470. The molecule has 4 aliphatic heterocycles. The Bertz CT molecular complexity index is 2460. The molecule has 3 fully saturated rings. The molecular weight excluding hydrogens is 775 g/mol. The Morgan fingerprint density at radius 1 is 0.918 bits per heavy atom. The molecule has 3 saturated heterocycles. The summed E-state index contributed by atoms with van der Waals surface area (Å²) in [6.07, 6.45) is 1.88. The van der Waals surface area contributed by atoms with E-state index in [0.29, 0.717) is 43.9 Å². The zero-order valence-electron chi connectivity index (χ0n) is 35.1. The van der Waals surface area contributed by atoms with Crippen LogP contribution < -0.4 is 30.7 Å². The third-order valence-corrected chi connectivity index (χ3v) is 12.0. The number of piperazine rings is 1. The fraction of sp³-hybridized carbons (Fsp3) is 0.400. The summed E-state index contributed by atoms with van der Waals surface area (Å²) in [6.45, 7) is 16.2. The van der Waals surface area contributed by atoms with Gasteiger partial charge in [0.2, 0.25) is 5.91 Å². The monoisotopic (exact) mass is 825 g/mol. The number of carbonyl (C=O) groups is 3. The fourth-order valence-corrected chi connectivity index (χ4v) is 8.59. The van der Waals surface area contributed by atoms with Crippen molar-refractivity contribution in [1.82, 2.24) is 35.6 Å². The number of hydrogen-bond acceptors (Lipinski definition) is 13. The quantitative estimate of drug-likeness (QED) is 0.165. The summed E-state index contributed by atoms with van der Waals surface area (Å²) in [5, 5.41) is 12.8. The molecule has 16 heteroatoms. The first-order chi connectivity index (χ1) is 29.4. The highest BCUT2D eigenvalue weighted by molar-refractivity contribution is 6.05. The predicted molar refractivity (Wildman–Crippen MR) is 231 cm³/mol. The molecular formula is C45H51N11O5. The molecule has 1 unspecified atom stereocenters. The maximum Gasteiger partial charge on any atom is 0.328 e. The molecule has 3 aromatic carbocycles. The second-order valence-corrected chi connectivity index (χ2v) is 17.4. The number of carbonyl (C=O) groups excluding carboxylic acids is 3. The number of fused-ring (bicyclic) bond motifs is 3. The molecule has 5 aromatic rings. The second kappa shape index (κ2) is 16.2. The Labute approximate surface area is 354 Å². The van der Waals surface area contributed by atoms with Gasteiger partial charge in [-0.15, -0.1) is 0 Å². The molecule has 3 N–H and O–H groups in total. The number of benzene rings is 3. The van der Waals surface area contributed by atoms with Crippen molar-refractivity contribution in [2.24, 2.45) is 0 Å². The number of ether oxygens (including phenoxy) is 1. The standard InChI is InChI=1S/C45H51N11O5/c1-27-18-29(6-12-36(27)28(2)48-41(58)42-51-43(52-61-42)45(3,4)5)37-20-39(47-26-46-37)49-31-7-13-38-30(19-31)24-60-25-35-23-53(16-17-55(35)38)34-21-54(22-34)32-8-10-33(11-9-32)56-15-14-40(57)50-44(56)59/h6-13,18-20,26,28,34-35H,14-17,21-25H2,1-5H3,(H,48,58)(H,46,47,49)(H,50,57,59)/t28-,35?/m1/s1. The predicted octanol–water partition coefficient (Wildman–Crippen LogP) is 5.72. The minimum atomic E-state index is -0.413. The summed E-state index contributed by atoms with van der Waals surface area (Å²) in [4.78, 5) is 59.2. The lowest BCUT2D eigenvalue weighted by atomic mass is 9.96. The SMILES string of the molecule is Cc1cc(-c2cc(Nc3ccc4c(c3)COCC3CN(C5CN(c6ccc(N7CCC(=O)NC7=O)cc6)C5)CCN43)ncn2)ccc1[C@@H](C)NC(=O)c1nc(C(C)(C)C)no1. The van der Waals surface area contributed by atoms with Crippen LogP contribution in [0.5, 0.6) is 0 Å². The molecule has 9 rings (SSSR count). The van der Waals surface area contributed by atoms with E-state index in [4.69, 9.17) is 9.26 Å². The zero-order chi connectivity index (χ0) is 42.4. The zero-order valence-corrected chi connectivity index (χ0v) is 35.1. The summed E-state index contributed by atoms with van der Waals surface area (Å²) >= 11 is 0. The van der Waals surface area contributed by atoms with Crippen LogP contribution in [-0.2, 0) is 21.6 Å². The minimum absolute atomic E-state index is 0.0518. The van der Waals surface area contributed by atoms with Gasteiger partial charge in [0.25, 0.3) is 0 Å². The Kier molecular flexibility index (Phi) is 10.7. The van der Waals surface area contributed by atoms with Crippen LogP contribution in [0.25, 0.3) is 11.3 Å². The Balaban J connectivity index is 0.795. The molecule has 6 heterocycles. The molecule has 0 spiro atoms. The van der Waals surface area contributed by atoms with Gasteiger partial charge in [0.05, 0.1) is 31.0 Å². The van der Waals surface area contributed by atoms with E-state index in [1.165, 1.54) is 5.69 Å². The number of imide groups is 1. The van der Waals surface area contributed by atoms with Gasteiger partial charge in [-0.2, -0.15) is 4.98 Å². The summed E-state index contributed by atoms with van der Waals surface area (Å²) < 4.78 is 11.5. The third kappa shape index (κ3) is 8.37. The highest BCUT2D eigenvalue weighted by Gasteiger charge is 2.38. The molecule has 0 saturated carbocycles. The molecule has 61 heavy (non-hydrogen) atoms. The number of aromatic nitrogens is 4. The van der Waals surface area contributed by atoms with Gasteiger partial charge in [0, 0.05) is 97.1 Å². The van der Waals surface area contributed by atoms with Crippen LogP contribution in [0.4, 0.5) is 33.4 Å². The van der Waals surface area contributed by atoms with Crippen LogP contribution in [0.15, 0.2) is 77.6 Å². The van der Waals surface area contributed by atoms with Crippen LogP contribution in [0.1, 0.15) is 73.4 Å². The van der Waals surface area contributed by atoms with Gasteiger partial charge < -0.3 is 29.7 Å². The smallest absolute Gasteiger partial charge is 0.328 e. The van der Waals surface area contributed by atoms with Gasteiger partial charge >= 0.3 is 17.8 Å². The largest absolute Gasteiger partial charge is 0.375 e. The van der Waals surface area contributed by atoms with E-state index in [1.54, 1.807) is 11.2 Å². The molecule has 0 aliphatic carbocycles. The molecule has 0 radical (unpaired) electrons. The fourth-order valence-electron chi connectivity index (χ4n) is 8.59. The summed E-state index contributed by atoms with van der Waals surface area (Å²) in [6, 6.07) is 22.6. The lowest BCUT2D eigenvalue weighted by molar-refractivity contribution is -0.120. The van der Waals surface area contributed by atoms with E-state index in [-0.39, 0.29) is 35.3 Å². The first kappa shape index (κ1) is 40.0. The van der Waals surface area contributed by atoms with Crippen molar-refractivity contribution in [3.05, 3.63) is 101 Å². The molecule has 2 aromatic heterocycles. The maximum absolute atomic E-state index is 12.9. The number of urea groups is 1. The van der Waals surface area contributed by atoms with Crippen LogP contribution in [0.3, 0.4) is 0 Å². The van der Waals surface area contributed by atoms with Crippen molar-refractivity contribution >= 4 is 46.4 Å². The average molecular weight is 826 g/mol. The molecule has 2 atom stereocenters. The lowest BCUT2D eigenvalue weighted by Crippen LogP contribution is -2.65. The number of amides is 4. The number of anilines is 5. The van der Waals surface area contributed by atoms with Gasteiger partial charge in [-0.1, -0.05) is 38.1 Å². The van der Waals surface area contributed by atoms with E-state index in [0.717, 1.165) is 77.7 Å². The summed E-state index contributed by atoms with van der Waals surface area (Å²) in [7, 11) is 0. The van der Waals surface area contributed by atoms with Crippen molar-refractivity contribution < 1.29 is 23.6 Å². The Hall–Kier alpha value is -6.39. The number of nitrogens with zero attached hydrogens (tertiary/aromatic N) is 8. The Morgan fingerprint density at radius 3 is 2.48 bits per heavy atom. The number of aryl methyl sites for hydroxylation is 1. The van der Waals surface area contributed by atoms with E-state index >= 15 is 0 Å². The molecule has 316 valence electrons. The first-order valence-electron chi connectivity index (χ1n) is 20.9. The van der Waals surface area contributed by atoms with Crippen molar-refractivity contribution in [3.63, 3.8) is 0 Å². The second-order valence-electron chi connectivity index (χ2n) is 17.4. The topological polar surface area (TPSA) is 174 Å². The van der Waals surface area contributed by atoms with Crippen molar-refractivity contribution in [2.45, 2.75) is 71.2 Å². The van der Waals surface area contributed by atoms with Crippen molar-refractivity contribution in [2.75, 3.05) is 65.9 Å². The van der Waals surface area contributed by atoms with Crippen molar-refractivity contribution in [1.29, 1.82) is 0 Å². The third-order valence-electron chi connectivity index (χ3n) is 12.0. The molecule has 4 aliphatic rings. The lowest BCUT2D eigenvalue weighted by Gasteiger charge is -2.51. The maximum atomic E-state index is 12.9. The molecule has 16 nitrogen and oxygen atoms in total. The van der Waals surface area contributed by atoms with E-state index < -0.39 is 5.91 Å². The molecule has 0 bridgehead atoms. The van der Waals surface area contributed by atoms with Crippen LogP contribution in [0, 0.1) is 6.92 Å². The summed E-state index contributed by atoms with van der Waals surface area (Å²) in [5.41, 5.74) is 8.58. The number of hydrogen-bond donors (Lipinski definition) is 3. The van der Waals surface area contributed by atoms with E-state index in [2.05, 4.69) is 87.2 Å². The van der Waals surface area contributed by atoms with E-state index in [1.807, 2.05) is 65.0 Å². The van der Waals surface area contributed by atoms with E-state index in [9.17, 15) is 14.4 Å². The van der Waals surface area contributed by atoms with Gasteiger partial charge in [0.1, 0.15) is 12.1 Å².